The molecule has 0 aliphatic carbocycles. The summed E-state index contributed by atoms with van der Waals surface area (Å²) in [6, 6.07) is 5.69. The molecule has 1 aromatic rings. The molecule has 3 nitrogen and oxygen atoms in total. The molecule has 0 spiro atoms. The van der Waals surface area contributed by atoms with Crippen LogP contribution in [0.25, 0.3) is 0 Å². The lowest BCUT2D eigenvalue weighted by molar-refractivity contribution is -0.143. The van der Waals surface area contributed by atoms with Crippen LogP contribution in [0, 0.1) is 0 Å². The Morgan fingerprint density at radius 2 is 2.28 bits per heavy atom. The average molecular weight is 335 g/mol. The Balaban J connectivity index is 2.21. The van der Waals surface area contributed by atoms with E-state index in [0.717, 1.165) is 34.6 Å². The maximum absolute atomic E-state index is 11.1. The molecule has 1 rings (SSSR count). The maximum Gasteiger partial charge on any atom is 0.305 e. The van der Waals surface area contributed by atoms with Crippen molar-refractivity contribution in [2.45, 2.75) is 26.3 Å². The predicted octanol–water partition coefficient (Wildman–Crippen LogP) is 3.54. The lowest BCUT2D eigenvalue weighted by Gasteiger charge is -2.07. The minimum atomic E-state index is -0.136. The monoisotopic (exact) mass is 333 g/mol. The zero-order chi connectivity index (χ0) is 13.4. The first-order valence-electron chi connectivity index (χ1n) is 5.93. The number of rotatable bonds is 7. The Labute approximate surface area is 121 Å². The van der Waals surface area contributed by atoms with Gasteiger partial charge >= 0.3 is 5.97 Å². The molecule has 100 valence electrons. The zero-order valence-corrected chi connectivity index (χ0v) is 12.7. The number of esters is 1. The third-order valence-corrected chi connectivity index (χ3v) is 3.37. The number of hydrogen-bond donors (Lipinski definition) is 1. The van der Waals surface area contributed by atoms with Crippen LogP contribution < -0.4 is 5.32 Å². The SMILES string of the molecule is CCOC(=O)CCCNCc1cc(Cl)ccc1Br. The van der Waals surface area contributed by atoms with Crippen molar-refractivity contribution in [3.63, 3.8) is 0 Å². The minimum Gasteiger partial charge on any atom is -0.466 e. The molecule has 18 heavy (non-hydrogen) atoms. The van der Waals surface area contributed by atoms with E-state index in [0.29, 0.717) is 13.0 Å². The van der Waals surface area contributed by atoms with E-state index in [2.05, 4.69) is 21.2 Å². The molecule has 0 fully saturated rings. The van der Waals surface area contributed by atoms with Crippen LogP contribution in [0.5, 0.6) is 0 Å². The van der Waals surface area contributed by atoms with Gasteiger partial charge in [-0.3, -0.25) is 4.79 Å². The summed E-state index contributed by atoms with van der Waals surface area (Å²) in [6.45, 7) is 3.76. The van der Waals surface area contributed by atoms with Crippen LogP contribution in [0.15, 0.2) is 22.7 Å². The van der Waals surface area contributed by atoms with Crippen molar-refractivity contribution >= 4 is 33.5 Å². The number of ether oxygens (including phenoxy) is 1. The summed E-state index contributed by atoms with van der Waals surface area (Å²) in [6.07, 6.45) is 1.23. The molecular weight excluding hydrogens is 318 g/mol. The van der Waals surface area contributed by atoms with Gasteiger partial charge in [-0.1, -0.05) is 27.5 Å². The van der Waals surface area contributed by atoms with E-state index in [-0.39, 0.29) is 5.97 Å². The summed E-state index contributed by atoms with van der Waals surface area (Å²) in [5.41, 5.74) is 1.11. The molecule has 0 aliphatic heterocycles. The van der Waals surface area contributed by atoms with Crippen molar-refractivity contribution in [1.29, 1.82) is 0 Å². The van der Waals surface area contributed by atoms with Crippen LogP contribution in [0.4, 0.5) is 0 Å². The van der Waals surface area contributed by atoms with Crippen LogP contribution >= 0.6 is 27.5 Å². The van der Waals surface area contributed by atoms with Gasteiger partial charge in [0.05, 0.1) is 6.61 Å². The third kappa shape index (κ3) is 5.85. The van der Waals surface area contributed by atoms with Gasteiger partial charge in [0.1, 0.15) is 0 Å². The molecule has 0 saturated heterocycles. The Morgan fingerprint density at radius 3 is 3.00 bits per heavy atom. The molecule has 0 amide bonds. The molecule has 0 saturated carbocycles. The first-order valence-corrected chi connectivity index (χ1v) is 7.11. The highest BCUT2D eigenvalue weighted by Crippen LogP contribution is 2.20. The fourth-order valence-corrected chi connectivity index (χ4v) is 2.07. The van der Waals surface area contributed by atoms with Crippen molar-refractivity contribution < 1.29 is 9.53 Å². The highest BCUT2D eigenvalue weighted by molar-refractivity contribution is 9.10. The molecule has 0 atom stereocenters. The number of hydrogen-bond acceptors (Lipinski definition) is 3. The summed E-state index contributed by atoms with van der Waals surface area (Å²) in [4.78, 5) is 11.1. The number of nitrogens with one attached hydrogen (secondary N) is 1. The largest absolute Gasteiger partial charge is 0.466 e. The predicted molar refractivity (Wildman–Crippen MR) is 76.7 cm³/mol. The maximum atomic E-state index is 11.1. The summed E-state index contributed by atoms with van der Waals surface area (Å²) in [5.74, 6) is -0.136. The van der Waals surface area contributed by atoms with Gasteiger partial charge in [-0.05, 0) is 43.7 Å². The lowest BCUT2D eigenvalue weighted by atomic mass is 10.2. The standard InChI is InChI=1S/C13H17BrClNO2/c1-2-18-13(17)4-3-7-16-9-10-8-11(15)5-6-12(10)14/h5-6,8,16H,2-4,7,9H2,1H3. The second kappa shape index (κ2) is 8.51. The van der Waals surface area contributed by atoms with Gasteiger partial charge < -0.3 is 10.1 Å². The summed E-state index contributed by atoms with van der Waals surface area (Å²) >= 11 is 9.39. The van der Waals surface area contributed by atoms with Crippen LogP contribution in [0.3, 0.4) is 0 Å². The van der Waals surface area contributed by atoms with Crippen molar-refractivity contribution in [2.24, 2.45) is 0 Å². The molecule has 1 aromatic carbocycles. The number of carbonyl (C=O) groups is 1. The molecule has 0 radical (unpaired) electrons. The van der Waals surface area contributed by atoms with Crippen LogP contribution in [0.1, 0.15) is 25.3 Å². The van der Waals surface area contributed by atoms with E-state index < -0.39 is 0 Å². The molecule has 0 aromatic heterocycles. The molecule has 0 unspecified atom stereocenters. The van der Waals surface area contributed by atoms with Crippen molar-refractivity contribution in [2.75, 3.05) is 13.2 Å². The Bertz CT molecular complexity index is 399. The second-order valence-corrected chi connectivity index (χ2v) is 5.11. The van der Waals surface area contributed by atoms with Gasteiger partial charge in [0, 0.05) is 22.5 Å². The molecule has 0 bridgehead atoms. The summed E-state index contributed by atoms with van der Waals surface area (Å²) in [7, 11) is 0. The Kier molecular flexibility index (Phi) is 7.32. The smallest absolute Gasteiger partial charge is 0.305 e. The van der Waals surface area contributed by atoms with E-state index in [1.807, 2.05) is 25.1 Å². The van der Waals surface area contributed by atoms with Crippen molar-refractivity contribution in [3.8, 4) is 0 Å². The van der Waals surface area contributed by atoms with Crippen LogP contribution in [-0.2, 0) is 16.1 Å². The molecule has 0 aliphatic rings. The van der Waals surface area contributed by atoms with E-state index in [9.17, 15) is 4.79 Å². The topological polar surface area (TPSA) is 38.3 Å². The van der Waals surface area contributed by atoms with Gasteiger partial charge in [0.15, 0.2) is 0 Å². The normalized spacial score (nSPS) is 10.4. The Hall–Kier alpha value is -0.580. The van der Waals surface area contributed by atoms with Gasteiger partial charge in [-0.2, -0.15) is 0 Å². The quantitative estimate of drug-likeness (QED) is 0.612. The number of carbonyl (C=O) groups excluding carboxylic acids is 1. The molecule has 1 N–H and O–H groups in total. The fourth-order valence-electron chi connectivity index (χ4n) is 1.49. The number of halogens is 2. The first kappa shape index (κ1) is 15.5. The fraction of sp³-hybridized carbons (Fsp3) is 0.462. The number of benzene rings is 1. The van der Waals surface area contributed by atoms with E-state index in [4.69, 9.17) is 16.3 Å². The van der Waals surface area contributed by atoms with Gasteiger partial charge in [-0.25, -0.2) is 0 Å². The second-order valence-electron chi connectivity index (χ2n) is 3.82. The van der Waals surface area contributed by atoms with E-state index in [1.54, 1.807) is 0 Å². The summed E-state index contributed by atoms with van der Waals surface area (Å²) in [5, 5.41) is 3.99. The Morgan fingerprint density at radius 1 is 1.50 bits per heavy atom. The van der Waals surface area contributed by atoms with E-state index >= 15 is 0 Å². The van der Waals surface area contributed by atoms with Crippen molar-refractivity contribution in [3.05, 3.63) is 33.3 Å². The van der Waals surface area contributed by atoms with Crippen molar-refractivity contribution in [1.82, 2.24) is 5.32 Å². The van der Waals surface area contributed by atoms with E-state index in [1.165, 1.54) is 0 Å². The molecule has 5 heteroatoms. The molecule has 0 heterocycles. The van der Waals surface area contributed by atoms with Crippen LogP contribution in [-0.4, -0.2) is 19.1 Å². The molecular formula is C13H17BrClNO2. The van der Waals surface area contributed by atoms with Gasteiger partial charge in [-0.15, -0.1) is 0 Å². The summed E-state index contributed by atoms with van der Waals surface area (Å²) < 4.78 is 5.88. The lowest BCUT2D eigenvalue weighted by Crippen LogP contribution is -2.16. The van der Waals surface area contributed by atoms with Crippen LogP contribution in [0.2, 0.25) is 5.02 Å². The highest BCUT2D eigenvalue weighted by atomic mass is 79.9. The minimum absolute atomic E-state index is 0.136. The average Bonchev–Trinajstić information content (AvgIpc) is 2.33. The van der Waals surface area contributed by atoms with Gasteiger partial charge in [0.25, 0.3) is 0 Å². The zero-order valence-electron chi connectivity index (χ0n) is 10.3. The van der Waals surface area contributed by atoms with Gasteiger partial charge in [0.2, 0.25) is 0 Å². The first-order chi connectivity index (χ1) is 8.63. The third-order valence-electron chi connectivity index (χ3n) is 2.36. The highest BCUT2D eigenvalue weighted by Gasteiger charge is 2.02.